The highest BCUT2D eigenvalue weighted by atomic mass is 16.1. The van der Waals surface area contributed by atoms with Crippen molar-refractivity contribution < 1.29 is 9.59 Å². The molecule has 0 heterocycles. The predicted molar refractivity (Wildman–Crippen MR) is 86.4 cm³/mol. The monoisotopic (exact) mass is 302 g/mol. The molecule has 0 spiro atoms. The van der Waals surface area contributed by atoms with Crippen molar-refractivity contribution >= 4 is 11.6 Å². The first-order valence-corrected chi connectivity index (χ1v) is 9.56. The van der Waals surface area contributed by atoms with Gasteiger partial charge in [0.15, 0.2) is 0 Å². The number of fused-ring (bicyclic) bond motifs is 5. The molecule has 4 aliphatic carbocycles. The molecule has 6 atom stereocenters. The largest absolute Gasteiger partial charge is 0.300 e. The molecule has 0 saturated heterocycles. The van der Waals surface area contributed by atoms with Crippen LogP contribution < -0.4 is 0 Å². The van der Waals surface area contributed by atoms with Crippen molar-refractivity contribution in [3.05, 3.63) is 0 Å². The van der Waals surface area contributed by atoms with Gasteiger partial charge in [0, 0.05) is 24.7 Å². The van der Waals surface area contributed by atoms with Gasteiger partial charge in [-0.25, -0.2) is 0 Å². The van der Waals surface area contributed by atoms with Crippen molar-refractivity contribution in [1.29, 1.82) is 0 Å². The standard InChI is InChI=1S/C20H30O2/c1-3-20-11-8-14(21)12-13(20)4-5-15-16-6-7-18(22)19(16,2)10-9-17(15)20/h13,15-17H,3-12H2,1-2H3/t13-,15+,16+,17+,19+,20+/m1/s1. The Morgan fingerprint density at radius 1 is 1.00 bits per heavy atom. The summed E-state index contributed by atoms with van der Waals surface area (Å²) < 4.78 is 0. The summed E-state index contributed by atoms with van der Waals surface area (Å²) in [5, 5.41) is 0. The maximum Gasteiger partial charge on any atom is 0.139 e. The van der Waals surface area contributed by atoms with Crippen LogP contribution in [0.4, 0.5) is 0 Å². The van der Waals surface area contributed by atoms with E-state index in [0.29, 0.717) is 28.8 Å². The lowest BCUT2D eigenvalue weighted by molar-refractivity contribution is -0.147. The summed E-state index contributed by atoms with van der Waals surface area (Å²) in [6.45, 7) is 4.62. The summed E-state index contributed by atoms with van der Waals surface area (Å²) in [5.41, 5.74) is 0.414. The molecule has 4 aliphatic rings. The number of hydrogen-bond donors (Lipinski definition) is 0. The summed E-state index contributed by atoms with van der Waals surface area (Å²) >= 11 is 0. The van der Waals surface area contributed by atoms with Crippen molar-refractivity contribution in [3.63, 3.8) is 0 Å². The molecule has 4 saturated carbocycles. The molecule has 0 aromatic heterocycles. The number of ketones is 2. The molecular formula is C20H30O2. The number of carbonyl (C=O) groups excluding carboxylic acids is 2. The van der Waals surface area contributed by atoms with E-state index >= 15 is 0 Å². The minimum absolute atomic E-state index is 0.00653. The summed E-state index contributed by atoms with van der Waals surface area (Å²) in [7, 11) is 0. The van der Waals surface area contributed by atoms with Gasteiger partial charge in [0.1, 0.15) is 11.6 Å². The fourth-order valence-electron chi connectivity index (χ4n) is 7.33. The van der Waals surface area contributed by atoms with E-state index in [1.54, 1.807) is 0 Å². The third-order valence-corrected chi connectivity index (χ3v) is 8.55. The van der Waals surface area contributed by atoms with Gasteiger partial charge < -0.3 is 0 Å². The van der Waals surface area contributed by atoms with Crippen LogP contribution in [0.15, 0.2) is 0 Å². The Labute approximate surface area is 134 Å². The van der Waals surface area contributed by atoms with Crippen LogP contribution in [0, 0.1) is 34.5 Å². The van der Waals surface area contributed by atoms with Crippen LogP contribution in [-0.4, -0.2) is 11.6 Å². The van der Waals surface area contributed by atoms with E-state index in [1.165, 1.54) is 25.7 Å². The van der Waals surface area contributed by atoms with Gasteiger partial charge in [0.05, 0.1) is 0 Å². The molecule has 0 bridgehead atoms. The highest BCUT2D eigenvalue weighted by Gasteiger charge is 2.60. The first-order valence-electron chi connectivity index (χ1n) is 9.56. The second-order valence-corrected chi connectivity index (χ2v) is 8.90. The molecule has 4 rings (SSSR count). The van der Waals surface area contributed by atoms with Gasteiger partial charge in [-0.05, 0) is 74.0 Å². The van der Waals surface area contributed by atoms with Gasteiger partial charge in [0.2, 0.25) is 0 Å². The van der Waals surface area contributed by atoms with Gasteiger partial charge in [-0.3, -0.25) is 9.59 Å². The fourth-order valence-corrected chi connectivity index (χ4v) is 7.33. The zero-order chi connectivity index (χ0) is 15.5. The molecule has 22 heavy (non-hydrogen) atoms. The average molecular weight is 302 g/mol. The zero-order valence-corrected chi connectivity index (χ0v) is 14.2. The highest BCUT2D eigenvalue weighted by Crippen LogP contribution is 2.66. The average Bonchev–Trinajstić information content (AvgIpc) is 2.82. The molecule has 2 heteroatoms. The predicted octanol–water partition coefficient (Wildman–Crippen LogP) is 4.56. The molecule has 4 fully saturated rings. The SMILES string of the molecule is CC[C@]12CCC(=O)C[C@H]1CC[C@@H]1[C@@H]2CC[C@]2(C)C(=O)CC[C@@H]12. The number of rotatable bonds is 1. The Balaban J connectivity index is 1.68. The smallest absolute Gasteiger partial charge is 0.139 e. The van der Waals surface area contributed by atoms with E-state index in [4.69, 9.17) is 0 Å². The summed E-state index contributed by atoms with van der Waals surface area (Å²) in [6, 6.07) is 0. The van der Waals surface area contributed by atoms with Crippen LogP contribution in [0.1, 0.15) is 78.1 Å². The van der Waals surface area contributed by atoms with E-state index < -0.39 is 0 Å². The maximum absolute atomic E-state index is 12.4. The minimum atomic E-state index is -0.00653. The van der Waals surface area contributed by atoms with Crippen LogP contribution in [0.25, 0.3) is 0 Å². The van der Waals surface area contributed by atoms with Gasteiger partial charge >= 0.3 is 0 Å². The Morgan fingerprint density at radius 2 is 1.82 bits per heavy atom. The Hall–Kier alpha value is -0.660. The second-order valence-electron chi connectivity index (χ2n) is 8.90. The van der Waals surface area contributed by atoms with E-state index in [0.717, 1.165) is 50.4 Å². The van der Waals surface area contributed by atoms with Crippen molar-refractivity contribution in [1.82, 2.24) is 0 Å². The van der Waals surface area contributed by atoms with Gasteiger partial charge in [-0.2, -0.15) is 0 Å². The molecule has 0 aromatic rings. The second kappa shape index (κ2) is 4.92. The Kier molecular flexibility index (Phi) is 3.33. The molecule has 0 unspecified atom stereocenters. The summed E-state index contributed by atoms with van der Waals surface area (Å²) in [6.07, 6.45) is 10.9. The summed E-state index contributed by atoms with van der Waals surface area (Å²) in [5.74, 6) is 3.87. The maximum atomic E-state index is 12.4. The quantitative estimate of drug-likeness (QED) is 0.711. The van der Waals surface area contributed by atoms with E-state index in [2.05, 4.69) is 13.8 Å². The van der Waals surface area contributed by atoms with Crippen LogP contribution in [0.5, 0.6) is 0 Å². The molecule has 0 radical (unpaired) electrons. The van der Waals surface area contributed by atoms with Crippen molar-refractivity contribution in [3.8, 4) is 0 Å². The lowest BCUT2D eigenvalue weighted by Gasteiger charge is -2.60. The first kappa shape index (κ1) is 14.9. The van der Waals surface area contributed by atoms with Crippen LogP contribution >= 0.6 is 0 Å². The minimum Gasteiger partial charge on any atom is -0.300 e. The first-order chi connectivity index (χ1) is 10.5. The molecule has 0 aromatic carbocycles. The van der Waals surface area contributed by atoms with Crippen molar-refractivity contribution in [2.24, 2.45) is 34.5 Å². The zero-order valence-electron chi connectivity index (χ0n) is 14.2. The molecule has 2 nitrogen and oxygen atoms in total. The number of carbonyl (C=O) groups is 2. The number of Topliss-reactive ketones (excluding diaryl/α,β-unsaturated/α-hetero) is 2. The topological polar surface area (TPSA) is 34.1 Å². The molecule has 0 amide bonds. The van der Waals surface area contributed by atoms with Gasteiger partial charge in [0.25, 0.3) is 0 Å². The Bertz CT molecular complexity index is 510. The van der Waals surface area contributed by atoms with Crippen molar-refractivity contribution in [2.75, 3.05) is 0 Å². The third kappa shape index (κ3) is 1.79. The fraction of sp³-hybridized carbons (Fsp3) is 0.900. The van der Waals surface area contributed by atoms with Crippen LogP contribution in [0.2, 0.25) is 0 Å². The lowest BCUT2D eigenvalue weighted by atomic mass is 9.44. The highest BCUT2D eigenvalue weighted by molar-refractivity contribution is 5.87. The Morgan fingerprint density at radius 3 is 2.59 bits per heavy atom. The molecular weight excluding hydrogens is 272 g/mol. The van der Waals surface area contributed by atoms with Crippen LogP contribution in [0.3, 0.4) is 0 Å². The van der Waals surface area contributed by atoms with Crippen LogP contribution in [-0.2, 0) is 9.59 Å². The van der Waals surface area contributed by atoms with E-state index in [1.807, 2.05) is 0 Å². The summed E-state index contributed by atoms with van der Waals surface area (Å²) in [4.78, 5) is 24.4. The number of hydrogen-bond acceptors (Lipinski definition) is 2. The lowest BCUT2D eigenvalue weighted by Crippen LogP contribution is -2.54. The normalized spacial score (nSPS) is 51.2. The van der Waals surface area contributed by atoms with Gasteiger partial charge in [-0.1, -0.05) is 13.8 Å². The van der Waals surface area contributed by atoms with Gasteiger partial charge in [-0.15, -0.1) is 0 Å². The molecule has 0 aliphatic heterocycles. The molecule has 0 N–H and O–H groups in total. The van der Waals surface area contributed by atoms with Crippen molar-refractivity contribution in [2.45, 2.75) is 78.1 Å². The molecule has 122 valence electrons. The third-order valence-electron chi connectivity index (χ3n) is 8.55. The van der Waals surface area contributed by atoms with E-state index in [9.17, 15) is 9.59 Å². The van der Waals surface area contributed by atoms with E-state index in [-0.39, 0.29) is 5.41 Å².